The number of hydrogen-bond acceptors (Lipinski definition) is 0. The predicted octanol–water partition coefficient (Wildman–Crippen LogP) is 4.65. The average Bonchev–Trinajstić information content (AvgIpc) is 2.14. The highest BCUT2D eigenvalue weighted by molar-refractivity contribution is 5.57. The van der Waals surface area contributed by atoms with Gasteiger partial charge in [0.15, 0.2) is 0 Å². The molecular weight excluding hydrogens is 187 g/mol. The van der Waals surface area contributed by atoms with Crippen molar-refractivity contribution in [3.8, 4) is 0 Å². The van der Waals surface area contributed by atoms with E-state index in [1.165, 1.54) is 5.57 Å². The first-order chi connectivity index (χ1) is 7.04. The molecule has 0 nitrogen and oxygen atoms in total. The van der Waals surface area contributed by atoms with Gasteiger partial charge in [0.25, 0.3) is 0 Å². The minimum atomic E-state index is -0.113. The van der Waals surface area contributed by atoms with Crippen LogP contribution in [-0.4, -0.2) is 0 Å². The van der Waals surface area contributed by atoms with Crippen LogP contribution < -0.4 is 0 Å². The highest BCUT2D eigenvalue weighted by Gasteiger charge is 2.02. The summed E-state index contributed by atoms with van der Waals surface area (Å²) >= 11 is 0. The minimum Gasteiger partial charge on any atom is -0.207 e. The molecular formula is C14H19F. The molecule has 1 aromatic rings. The molecule has 1 aromatic carbocycles. The van der Waals surface area contributed by atoms with Crippen LogP contribution in [0.4, 0.5) is 4.39 Å². The molecule has 0 radical (unpaired) electrons. The third-order valence-electron chi connectivity index (χ3n) is 2.59. The normalized spacial score (nSPS) is 11.9. The lowest BCUT2D eigenvalue weighted by molar-refractivity contribution is 0.617. The van der Waals surface area contributed by atoms with E-state index >= 15 is 0 Å². The van der Waals surface area contributed by atoms with Gasteiger partial charge in [-0.25, -0.2) is 4.39 Å². The maximum Gasteiger partial charge on any atom is 0.126 e. The molecule has 0 amide bonds. The van der Waals surface area contributed by atoms with Crippen molar-refractivity contribution < 1.29 is 4.39 Å². The van der Waals surface area contributed by atoms with Crippen molar-refractivity contribution >= 4 is 6.08 Å². The molecule has 0 bridgehead atoms. The summed E-state index contributed by atoms with van der Waals surface area (Å²) in [4.78, 5) is 0. The summed E-state index contributed by atoms with van der Waals surface area (Å²) < 4.78 is 13.2. The standard InChI is InChI=1S/C14H19F/c1-5-6-10(2)7-13-8-12(4)14(15)9-11(13)3/h7-9H,5-6H2,1-4H3/b10-7-. The van der Waals surface area contributed by atoms with E-state index in [1.54, 1.807) is 13.0 Å². The quantitative estimate of drug-likeness (QED) is 0.675. The van der Waals surface area contributed by atoms with E-state index in [4.69, 9.17) is 0 Å². The summed E-state index contributed by atoms with van der Waals surface area (Å²) in [5, 5.41) is 0. The molecule has 1 rings (SSSR count). The van der Waals surface area contributed by atoms with Gasteiger partial charge in [0.05, 0.1) is 0 Å². The Morgan fingerprint density at radius 3 is 2.53 bits per heavy atom. The number of allylic oxidation sites excluding steroid dienone is 1. The molecule has 0 N–H and O–H groups in total. The second kappa shape index (κ2) is 5.11. The first-order valence-corrected chi connectivity index (χ1v) is 5.48. The lowest BCUT2D eigenvalue weighted by Gasteiger charge is -2.05. The van der Waals surface area contributed by atoms with Crippen molar-refractivity contribution in [1.29, 1.82) is 0 Å². The Hall–Kier alpha value is -1.11. The molecule has 0 aromatic heterocycles. The molecule has 82 valence electrons. The van der Waals surface area contributed by atoms with Crippen LogP contribution in [-0.2, 0) is 0 Å². The largest absolute Gasteiger partial charge is 0.207 e. The first-order valence-electron chi connectivity index (χ1n) is 5.48. The van der Waals surface area contributed by atoms with Crippen molar-refractivity contribution in [3.63, 3.8) is 0 Å². The predicted molar refractivity (Wildman–Crippen MR) is 64.4 cm³/mol. The van der Waals surface area contributed by atoms with Crippen LogP contribution >= 0.6 is 0 Å². The van der Waals surface area contributed by atoms with E-state index in [1.807, 2.05) is 13.0 Å². The van der Waals surface area contributed by atoms with Crippen LogP contribution in [0.25, 0.3) is 6.08 Å². The van der Waals surface area contributed by atoms with Crippen LogP contribution in [0.2, 0.25) is 0 Å². The van der Waals surface area contributed by atoms with Gasteiger partial charge >= 0.3 is 0 Å². The first kappa shape index (κ1) is 12.0. The van der Waals surface area contributed by atoms with Gasteiger partial charge < -0.3 is 0 Å². The molecule has 0 unspecified atom stereocenters. The zero-order chi connectivity index (χ0) is 11.4. The third kappa shape index (κ3) is 3.19. The molecule has 0 fully saturated rings. The van der Waals surface area contributed by atoms with Crippen LogP contribution in [0, 0.1) is 19.7 Å². The molecule has 0 spiro atoms. The van der Waals surface area contributed by atoms with Gasteiger partial charge in [-0.1, -0.05) is 25.0 Å². The van der Waals surface area contributed by atoms with E-state index in [0.717, 1.165) is 29.5 Å². The Labute approximate surface area is 91.8 Å². The summed E-state index contributed by atoms with van der Waals surface area (Å²) in [5.41, 5.74) is 4.22. The van der Waals surface area contributed by atoms with E-state index < -0.39 is 0 Å². The van der Waals surface area contributed by atoms with E-state index in [9.17, 15) is 4.39 Å². The molecule has 1 heteroatoms. The van der Waals surface area contributed by atoms with Crippen LogP contribution in [0.5, 0.6) is 0 Å². The van der Waals surface area contributed by atoms with Gasteiger partial charge in [0.1, 0.15) is 5.82 Å². The Kier molecular flexibility index (Phi) is 4.07. The molecule has 0 saturated heterocycles. The summed E-state index contributed by atoms with van der Waals surface area (Å²) in [7, 11) is 0. The zero-order valence-corrected chi connectivity index (χ0v) is 10.0. The van der Waals surface area contributed by atoms with Crippen molar-refractivity contribution in [2.24, 2.45) is 0 Å². The van der Waals surface area contributed by atoms with E-state index in [-0.39, 0.29) is 5.82 Å². The maximum absolute atomic E-state index is 13.2. The highest BCUT2D eigenvalue weighted by Crippen LogP contribution is 2.18. The van der Waals surface area contributed by atoms with Gasteiger partial charge in [-0.2, -0.15) is 0 Å². The SMILES string of the molecule is CCC/C(C)=C\c1cc(C)c(F)cc1C. The summed E-state index contributed by atoms with van der Waals surface area (Å²) in [6.07, 6.45) is 4.42. The zero-order valence-electron chi connectivity index (χ0n) is 10.0. The number of hydrogen-bond donors (Lipinski definition) is 0. The average molecular weight is 206 g/mol. The Balaban J connectivity index is 3.05. The van der Waals surface area contributed by atoms with E-state index in [2.05, 4.69) is 19.9 Å². The molecule has 0 heterocycles. The summed E-state index contributed by atoms with van der Waals surface area (Å²) in [6, 6.07) is 3.53. The maximum atomic E-state index is 13.2. The van der Waals surface area contributed by atoms with Crippen LogP contribution in [0.15, 0.2) is 17.7 Å². The van der Waals surface area contributed by atoms with Crippen molar-refractivity contribution in [3.05, 3.63) is 40.2 Å². The molecule has 0 saturated carbocycles. The van der Waals surface area contributed by atoms with Crippen molar-refractivity contribution in [1.82, 2.24) is 0 Å². The minimum absolute atomic E-state index is 0.113. The smallest absolute Gasteiger partial charge is 0.126 e. The molecule has 0 aliphatic heterocycles. The van der Waals surface area contributed by atoms with Crippen LogP contribution in [0.3, 0.4) is 0 Å². The van der Waals surface area contributed by atoms with Gasteiger partial charge in [-0.3, -0.25) is 0 Å². The second-order valence-corrected chi connectivity index (χ2v) is 4.20. The number of rotatable bonds is 3. The highest BCUT2D eigenvalue weighted by atomic mass is 19.1. The molecule has 0 atom stereocenters. The topological polar surface area (TPSA) is 0 Å². The number of aryl methyl sites for hydroxylation is 2. The summed E-state index contributed by atoms with van der Waals surface area (Å²) in [5.74, 6) is -0.113. The number of benzene rings is 1. The monoisotopic (exact) mass is 206 g/mol. The van der Waals surface area contributed by atoms with Crippen molar-refractivity contribution in [2.75, 3.05) is 0 Å². The fraction of sp³-hybridized carbons (Fsp3) is 0.429. The summed E-state index contributed by atoms with van der Waals surface area (Å²) in [6.45, 7) is 8.05. The Bertz CT molecular complexity index is 375. The van der Waals surface area contributed by atoms with Crippen LogP contribution in [0.1, 0.15) is 43.4 Å². The fourth-order valence-corrected chi connectivity index (χ4v) is 1.69. The van der Waals surface area contributed by atoms with E-state index in [0.29, 0.717) is 0 Å². The van der Waals surface area contributed by atoms with Gasteiger partial charge in [0.2, 0.25) is 0 Å². The Morgan fingerprint density at radius 2 is 1.93 bits per heavy atom. The van der Waals surface area contributed by atoms with Crippen molar-refractivity contribution in [2.45, 2.75) is 40.5 Å². The molecule has 15 heavy (non-hydrogen) atoms. The lowest BCUT2D eigenvalue weighted by Crippen LogP contribution is -1.89. The fourth-order valence-electron chi connectivity index (χ4n) is 1.69. The van der Waals surface area contributed by atoms with Gasteiger partial charge in [-0.15, -0.1) is 0 Å². The van der Waals surface area contributed by atoms with Gasteiger partial charge in [0, 0.05) is 0 Å². The Morgan fingerprint density at radius 1 is 1.27 bits per heavy atom. The third-order valence-corrected chi connectivity index (χ3v) is 2.59. The van der Waals surface area contributed by atoms with Gasteiger partial charge in [-0.05, 0) is 56.0 Å². The number of halogens is 1. The second-order valence-electron chi connectivity index (χ2n) is 4.20. The lowest BCUT2D eigenvalue weighted by atomic mass is 10.0. The molecule has 0 aliphatic rings. The molecule has 0 aliphatic carbocycles.